The Bertz CT molecular complexity index is 510. The van der Waals surface area contributed by atoms with E-state index >= 15 is 0 Å². The molecule has 1 aliphatic heterocycles. The SMILES string of the molecule is CC(C)CN1CCN(Cc2cn[nH]c2C2CCCCC2)C[C@H]1CCO. The van der Waals surface area contributed by atoms with Crippen LogP contribution in [0.4, 0.5) is 0 Å². The number of aromatic nitrogens is 2. The Morgan fingerprint density at radius 2 is 2.04 bits per heavy atom. The first-order valence-electron chi connectivity index (χ1n) is 10.3. The highest BCUT2D eigenvalue weighted by Crippen LogP contribution is 2.33. The lowest BCUT2D eigenvalue weighted by Crippen LogP contribution is -2.53. The zero-order valence-electron chi connectivity index (χ0n) is 16.1. The summed E-state index contributed by atoms with van der Waals surface area (Å²) in [7, 11) is 0. The van der Waals surface area contributed by atoms with Crippen molar-refractivity contribution in [3.63, 3.8) is 0 Å². The molecule has 5 nitrogen and oxygen atoms in total. The molecule has 2 N–H and O–H groups in total. The van der Waals surface area contributed by atoms with Crippen molar-refractivity contribution in [2.24, 2.45) is 5.92 Å². The van der Waals surface area contributed by atoms with Gasteiger partial charge in [0.1, 0.15) is 0 Å². The summed E-state index contributed by atoms with van der Waals surface area (Å²) in [6.07, 6.45) is 9.65. The van der Waals surface area contributed by atoms with Gasteiger partial charge in [0, 0.05) is 62.5 Å². The molecule has 1 saturated heterocycles. The van der Waals surface area contributed by atoms with E-state index in [1.165, 1.54) is 43.4 Å². The number of aliphatic hydroxyl groups is 1. The van der Waals surface area contributed by atoms with Crippen LogP contribution in [0.1, 0.15) is 69.5 Å². The molecule has 142 valence electrons. The van der Waals surface area contributed by atoms with E-state index in [0.717, 1.165) is 39.1 Å². The van der Waals surface area contributed by atoms with Gasteiger partial charge in [-0.15, -0.1) is 0 Å². The quantitative estimate of drug-likeness (QED) is 0.795. The largest absolute Gasteiger partial charge is 0.396 e. The average molecular weight is 349 g/mol. The molecule has 2 fully saturated rings. The Morgan fingerprint density at radius 1 is 1.24 bits per heavy atom. The van der Waals surface area contributed by atoms with Crippen LogP contribution in [0.25, 0.3) is 0 Å². The Kier molecular flexibility index (Phi) is 6.91. The van der Waals surface area contributed by atoms with Crippen LogP contribution in [0, 0.1) is 5.92 Å². The molecule has 1 aromatic heterocycles. The summed E-state index contributed by atoms with van der Waals surface area (Å²) in [4.78, 5) is 5.14. The highest BCUT2D eigenvalue weighted by molar-refractivity contribution is 5.21. The van der Waals surface area contributed by atoms with Gasteiger partial charge >= 0.3 is 0 Å². The lowest BCUT2D eigenvalue weighted by atomic mass is 9.85. The molecule has 1 aromatic rings. The van der Waals surface area contributed by atoms with Crippen molar-refractivity contribution in [2.75, 3.05) is 32.8 Å². The molecule has 25 heavy (non-hydrogen) atoms. The van der Waals surface area contributed by atoms with E-state index in [1.54, 1.807) is 0 Å². The maximum Gasteiger partial charge on any atom is 0.0535 e. The van der Waals surface area contributed by atoms with Crippen LogP contribution in [0.2, 0.25) is 0 Å². The van der Waals surface area contributed by atoms with Crippen molar-refractivity contribution in [1.29, 1.82) is 0 Å². The number of nitrogens with zero attached hydrogens (tertiary/aromatic N) is 3. The first-order chi connectivity index (χ1) is 12.2. The molecule has 0 amide bonds. The number of nitrogens with one attached hydrogen (secondary N) is 1. The van der Waals surface area contributed by atoms with Gasteiger partial charge in [-0.25, -0.2) is 0 Å². The number of H-pyrrole nitrogens is 1. The fraction of sp³-hybridized carbons (Fsp3) is 0.850. The number of aromatic amines is 1. The van der Waals surface area contributed by atoms with Gasteiger partial charge in [0.2, 0.25) is 0 Å². The van der Waals surface area contributed by atoms with Crippen LogP contribution in [0.5, 0.6) is 0 Å². The molecule has 1 saturated carbocycles. The summed E-state index contributed by atoms with van der Waals surface area (Å²) < 4.78 is 0. The van der Waals surface area contributed by atoms with Crippen molar-refractivity contribution in [3.05, 3.63) is 17.5 Å². The van der Waals surface area contributed by atoms with Crippen molar-refractivity contribution < 1.29 is 5.11 Å². The van der Waals surface area contributed by atoms with Gasteiger partial charge in [0.25, 0.3) is 0 Å². The third-order valence-electron chi connectivity index (χ3n) is 5.91. The Hall–Kier alpha value is -0.910. The summed E-state index contributed by atoms with van der Waals surface area (Å²) in [6, 6.07) is 0.478. The maximum absolute atomic E-state index is 9.47. The highest BCUT2D eigenvalue weighted by atomic mass is 16.3. The normalized spacial score (nSPS) is 24.2. The highest BCUT2D eigenvalue weighted by Gasteiger charge is 2.28. The summed E-state index contributed by atoms with van der Waals surface area (Å²) in [5.41, 5.74) is 2.79. The van der Waals surface area contributed by atoms with Gasteiger partial charge in [-0.2, -0.15) is 5.10 Å². The van der Waals surface area contributed by atoms with Crippen LogP contribution >= 0.6 is 0 Å². The first kappa shape index (κ1) is 18.9. The van der Waals surface area contributed by atoms with E-state index in [0.29, 0.717) is 17.9 Å². The van der Waals surface area contributed by atoms with E-state index in [4.69, 9.17) is 0 Å². The van der Waals surface area contributed by atoms with E-state index in [-0.39, 0.29) is 6.61 Å². The molecule has 0 aromatic carbocycles. The second-order valence-electron chi connectivity index (χ2n) is 8.43. The third kappa shape index (κ3) is 5.05. The van der Waals surface area contributed by atoms with Gasteiger partial charge in [0.15, 0.2) is 0 Å². The Morgan fingerprint density at radius 3 is 2.76 bits per heavy atom. The predicted molar refractivity (Wildman–Crippen MR) is 102 cm³/mol. The number of hydrogen-bond donors (Lipinski definition) is 2. The fourth-order valence-corrected chi connectivity index (χ4v) is 4.67. The van der Waals surface area contributed by atoms with E-state index in [9.17, 15) is 5.11 Å². The Labute approximate surface area is 152 Å². The van der Waals surface area contributed by atoms with Crippen molar-refractivity contribution in [2.45, 2.75) is 70.9 Å². The lowest BCUT2D eigenvalue weighted by Gasteiger charge is -2.42. The summed E-state index contributed by atoms with van der Waals surface area (Å²) in [5.74, 6) is 1.36. The van der Waals surface area contributed by atoms with Crippen LogP contribution < -0.4 is 0 Å². The summed E-state index contributed by atoms with van der Waals surface area (Å²) in [6.45, 7) is 10.3. The number of piperazine rings is 1. The van der Waals surface area contributed by atoms with Crippen LogP contribution in [-0.4, -0.2) is 63.9 Å². The minimum atomic E-state index is 0.284. The molecular formula is C20H36N4O. The molecular weight excluding hydrogens is 312 g/mol. The minimum absolute atomic E-state index is 0.284. The molecule has 0 spiro atoms. The minimum Gasteiger partial charge on any atom is -0.396 e. The summed E-state index contributed by atoms with van der Waals surface area (Å²) in [5, 5.41) is 17.1. The molecule has 5 heteroatoms. The number of aliphatic hydroxyl groups excluding tert-OH is 1. The number of rotatable bonds is 7. The lowest BCUT2D eigenvalue weighted by molar-refractivity contribution is 0.0475. The van der Waals surface area contributed by atoms with Gasteiger partial charge in [-0.1, -0.05) is 33.1 Å². The van der Waals surface area contributed by atoms with E-state index in [2.05, 4.69) is 33.8 Å². The molecule has 2 aliphatic rings. The Balaban J connectivity index is 1.61. The smallest absolute Gasteiger partial charge is 0.0535 e. The van der Waals surface area contributed by atoms with Gasteiger partial charge in [0.05, 0.1) is 6.20 Å². The van der Waals surface area contributed by atoms with Crippen LogP contribution in [0.15, 0.2) is 6.20 Å². The molecule has 3 rings (SSSR count). The average Bonchev–Trinajstić information content (AvgIpc) is 3.06. The van der Waals surface area contributed by atoms with Crippen LogP contribution in [0.3, 0.4) is 0 Å². The molecule has 0 bridgehead atoms. The monoisotopic (exact) mass is 348 g/mol. The third-order valence-corrected chi connectivity index (χ3v) is 5.91. The van der Waals surface area contributed by atoms with Gasteiger partial charge in [-0.3, -0.25) is 14.9 Å². The fourth-order valence-electron chi connectivity index (χ4n) is 4.67. The standard InChI is InChI=1S/C20H36N4O/c1-16(2)13-24-10-9-23(15-19(24)8-11-25)14-18-12-21-22-20(18)17-6-4-3-5-7-17/h12,16-17,19,25H,3-11,13-15H2,1-2H3,(H,21,22)/t19-/m1/s1. The molecule has 2 heterocycles. The summed E-state index contributed by atoms with van der Waals surface area (Å²) >= 11 is 0. The first-order valence-corrected chi connectivity index (χ1v) is 10.3. The second kappa shape index (κ2) is 9.15. The topological polar surface area (TPSA) is 55.4 Å². The van der Waals surface area contributed by atoms with Crippen LogP contribution in [-0.2, 0) is 6.54 Å². The van der Waals surface area contributed by atoms with E-state index in [1.807, 2.05) is 6.20 Å². The number of hydrogen-bond acceptors (Lipinski definition) is 4. The maximum atomic E-state index is 9.47. The van der Waals surface area contributed by atoms with Gasteiger partial charge < -0.3 is 5.11 Å². The van der Waals surface area contributed by atoms with Crippen molar-refractivity contribution in [3.8, 4) is 0 Å². The van der Waals surface area contributed by atoms with Crippen molar-refractivity contribution in [1.82, 2.24) is 20.0 Å². The molecule has 1 atom stereocenters. The molecule has 0 radical (unpaired) electrons. The van der Waals surface area contributed by atoms with Crippen molar-refractivity contribution >= 4 is 0 Å². The second-order valence-corrected chi connectivity index (χ2v) is 8.43. The molecule has 0 unspecified atom stereocenters. The van der Waals surface area contributed by atoms with Gasteiger partial charge in [-0.05, 0) is 25.2 Å². The van der Waals surface area contributed by atoms with E-state index < -0.39 is 0 Å². The molecule has 1 aliphatic carbocycles. The zero-order valence-corrected chi connectivity index (χ0v) is 16.1. The predicted octanol–water partition coefficient (Wildman–Crippen LogP) is 2.98. The zero-order chi connectivity index (χ0) is 17.6.